The summed E-state index contributed by atoms with van der Waals surface area (Å²) >= 11 is 0. The Hall–Kier alpha value is -2.11. The van der Waals surface area contributed by atoms with E-state index in [2.05, 4.69) is 5.32 Å². The molecule has 0 spiro atoms. The summed E-state index contributed by atoms with van der Waals surface area (Å²) < 4.78 is 13.7. The number of amides is 1. The zero-order valence-electron chi connectivity index (χ0n) is 11.9. The zero-order valence-corrected chi connectivity index (χ0v) is 11.9. The summed E-state index contributed by atoms with van der Waals surface area (Å²) in [5, 5.41) is 12.5. The fraction of sp³-hybridized carbons (Fsp3) is 0.467. The molecule has 114 valence electrons. The van der Waals surface area contributed by atoms with Crippen molar-refractivity contribution in [2.75, 3.05) is 5.32 Å². The van der Waals surface area contributed by atoms with Crippen LogP contribution in [0.15, 0.2) is 18.2 Å². The van der Waals surface area contributed by atoms with Crippen LogP contribution in [0.25, 0.3) is 0 Å². The van der Waals surface area contributed by atoms with E-state index in [9.17, 15) is 19.1 Å². The topological polar surface area (TPSA) is 92.4 Å². The van der Waals surface area contributed by atoms with Gasteiger partial charge in [0.2, 0.25) is 0 Å². The smallest absolute Gasteiger partial charge is 0.311 e. The number of nitrogens with one attached hydrogen (secondary N) is 1. The Morgan fingerprint density at radius 2 is 2.14 bits per heavy atom. The number of rotatable bonds is 4. The van der Waals surface area contributed by atoms with Crippen molar-refractivity contribution in [1.29, 1.82) is 0 Å². The second-order valence-electron chi connectivity index (χ2n) is 5.69. The summed E-state index contributed by atoms with van der Waals surface area (Å²) in [4.78, 5) is 23.0. The first-order chi connectivity index (χ1) is 9.86. The van der Waals surface area contributed by atoms with Gasteiger partial charge in [0.25, 0.3) is 5.91 Å². The number of halogens is 1. The maximum absolute atomic E-state index is 13.7. The molecule has 4 N–H and O–H groups in total. The molecule has 0 bridgehead atoms. The van der Waals surface area contributed by atoms with Crippen molar-refractivity contribution in [3.63, 3.8) is 0 Å². The molecule has 2 rings (SSSR count). The van der Waals surface area contributed by atoms with Gasteiger partial charge >= 0.3 is 5.97 Å². The Bertz CT molecular complexity index is 576. The van der Waals surface area contributed by atoms with Crippen molar-refractivity contribution in [3.8, 4) is 0 Å². The predicted molar refractivity (Wildman–Crippen MR) is 76.5 cm³/mol. The Labute approximate surface area is 122 Å². The van der Waals surface area contributed by atoms with E-state index in [1.807, 2.05) is 0 Å². The number of hydrogen-bond donors (Lipinski definition) is 3. The van der Waals surface area contributed by atoms with E-state index >= 15 is 0 Å². The van der Waals surface area contributed by atoms with Crippen molar-refractivity contribution in [3.05, 3.63) is 29.6 Å². The summed E-state index contributed by atoms with van der Waals surface area (Å²) in [6.45, 7) is 1.68. The number of carboxylic acids is 1. The van der Waals surface area contributed by atoms with Crippen LogP contribution in [-0.2, 0) is 4.79 Å². The highest BCUT2D eigenvalue weighted by Gasteiger charge is 2.43. The van der Waals surface area contributed by atoms with Crippen LogP contribution >= 0.6 is 0 Å². The van der Waals surface area contributed by atoms with E-state index in [4.69, 9.17) is 5.73 Å². The van der Waals surface area contributed by atoms with Gasteiger partial charge in [-0.05, 0) is 31.9 Å². The molecular weight excluding hydrogens is 275 g/mol. The highest BCUT2D eigenvalue weighted by molar-refractivity contribution is 5.98. The molecule has 0 heterocycles. The molecule has 5 nitrogen and oxygen atoms in total. The van der Waals surface area contributed by atoms with Gasteiger partial charge in [-0.1, -0.05) is 18.9 Å². The third-order valence-electron chi connectivity index (χ3n) is 4.29. The van der Waals surface area contributed by atoms with Crippen LogP contribution in [0, 0.1) is 11.2 Å². The van der Waals surface area contributed by atoms with E-state index in [1.54, 1.807) is 13.0 Å². The molecule has 1 aromatic rings. The molecule has 0 saturated heterocycles. The molecule has 1 amide bonds. The Morgan fingerprint density at radius 1 is 1.43 bits per heavy atom. The molecule has 1 aliphatic carbocycles. The number of anilines is 1. The van der Waals surface area contributed by atoms with Crippen molar-refractivity contribution >= 4 is 17.6 Å². The van der Waals surface area contributed by atoms with Crippen molar-refractivity contribution in [2.24, 2.45) is 11.1 Å². The number of nitrogens with two attached hydrogens (primary N) is 1. The average molecular weight is 294 g/mol. The zero-order chi connectivity index (χ0) is 15.6. The lowest BCUT2D eigenvalue weighted by atomic mass is 9.71. The van der Waals surface area contributed by atoms with Gasteiger partial charge in [-0.15, -0.1) is 0 Å². The Kier molecular flexibility index (Phi) is 4.16. The molecule has 0 aromatic heterocycles. The van der Waals surface area contributed by atoms with E-state index < -0.39 is 23.1 Å². The Morgan fingerprint density at radius 3 is 2.76 bits per heavy atom. The number of primary amides is 1. The summed E-state index contributed by atoms with van der Waals surface area (Å²) in [7, 11) is 0. The van der Waals surface area contributed by atoms with Gasteiger partial charge in [-0.3, -0.25) is 9.59 Å². The second kappa shape index (κ2) is 5.71. The quantitative estimate of drug-likeness (QED) is 0.795. The van der Waals surface area contributed by atoms with Crippen LogP contribution in [0.5, 0.6) is 0 Å². The van der Waals surface area contributed by atoms with Crippen LogP contribution in [0.1, 0.15) is 43.0 Å². The lowest BCUT2D eigenvalue weighted by molar-refractivity contribution is -0.150. The fourth-order valence-electron chi connectivity index (χ4n) is 2.90. The molecule has 1 fully saturated rings. The standard InChI is InChI=1S/C15H19FN2O3/c1-15(14(20)21)8-3-2-7-11(15)18-10-6-4-5-9(16)12(10)13(17)19/h4-6,11,18H,2-3,7-8H2,1H3,(H2,17,19)(H,20,21). The third kappa shape index (κ3) is 2.84. The number of benzene rings is 1. The molecule has 0 radical (unpaired) electrons. The highest BCUT2D eigenvalue weighted by Crippen LogP contribution is 2.38. The van der Waals surface area contributed by atoms with Crippen LogP contribution in [0.3, 0.4) is 0 Å². The highest BCUT2D eigenvalue weighted by atomic mass is 19.1. The van der Waals surface area contributed by atoms with Crippen LogP contribution in [-0.4, -0.2) is 23.0 Å². The van der Waals surface area contributed by atoms with Crippen LogP contribution in [0.2, 0.25) is 0 Å². The molecule has 1 aliphatic rings. The SMILES string of the molecule is CC1(C(=O)O)CCCCC1Nc1cccc(F)c1C(N)=O. The number of carbonyl (C=O) groups is 2. The lowest BCUT2D eigenvalue weighted by Crippen LogP contribution is -2.47. The normalized spacial score (nSPS) is 25.3. The van der Waals surface area contributed by atoms with Gasteiger partial charge in [0.05, 0.1) is 16.7 Å². The van der Waals surface area contributed by atoms with E-state index in [0.29, 0.717) is 12.8 Å². The van der Waals surface area contributed by atoms with Crippen molar-refractivity contribution < 1.29 is 19.1 Å². The molecular formula is C15H19FN2O3. The van der Waals surface area contributed by atoms with Crippen molar-refractivity contribution in [2.45, 2.75) is 38.6 Å². The monoisotopic (exact) mass is 294 g/mol. The maximum Gasteiger partial charge on any atom is 0.311 e. The molecule has 1 saturated carbocycles. The molecule has 6 heteroatoms. The van der Waals surface area contributed by atoms with Gasteiger partial charge in [0.1, 0.15) is 5.82 Å². The summed E-state index contributed by atoms with van der Waals surface area (Å²) in [5.41, 5.74) is 4.29. The van der Waals surface area contributed by atoms with Gasteiger partial charge < -0.3 is 16.2 Å². The van der Waals surface area contributed by atoms with Crippen molar-refractivity contribution in [1.82, 2.24) is 0 Å². The van der Waals surface area contributed by atoms with E-state index in [0.717, 1.165) is 18.9 Å². The first kappa shape index (κ1) is 15.3. The molecule has 1 aromatic carbocycles. The summed E-state index contributed by atoms with van der Waals surface area (Å²) in [6, 6.07) is 3.79. The van der Waals surface area contributed by atoms with Gasteiger partial charge in [0.15, 0.2) is 0 Å². The number of aliphatic carboxylic acids is 1. The molecule has 2 unspecified atom stereocenters. The molecule has 2 atom stereocenters. The first-order valence-corrected chi connectivity index (χ1v) is 6.94. The molecule has 21 heavy (non-hydrogen) atoms. The minimum absolute atomic E-state index is 0.226. The second-order valence-corrected chi connectivity index (χ2v) is 5.69. The minimum atomic E-state index is -0.945. The number of carbonyl (C=O) groups excluding carboxylic acids is 1. The largest absolute Gasteiger partial charge is 0.481 e. The van der Waals surface area contributed by atoms with Crippen LogP contribution in [0.4, 0.5) is 10.1 Å². The summed E-state index contributed by atoms with van der Waals surface area (Å²) in [5.74, 6) is -2.47. The van der Waals surface area contributed by atoms with Gasteiger partial charge in [-0.2, -0.15) is 0 Å². The van der Waals surface area contributed by atoms with Gasteiger partial charge in [-0.25, -0.2) is 4.39 Å². The lowest BCUT2D eigenvalue weighted by Gasteiger charge is -2.39. The minimum Gasteiger partial charge on any atom is -0.481 e. The van der Waals surface area contributed by atoms with Crippen LogP contribution < -0.4 is 11.1 Å². The third-order valence-corrected chi connectivity index (χ3v) is 4.29. The number of hydrogen-bond acceptors (Lipinski definition) is 3. The maximum atomic E-state index is 13.7. The predicted octanol–water partition coefficient (Wildman–Crippen LogP) is 2.37. The number of carboxylic acid groups (broad SMARTS) is 1. The van der Waals surface area contributed by atoms with Gasteiger partial charge in [0, 0.05) is 6.04 Å². The van der Waals surface area contributed by atoms with E-state index in [-0.39, 0.29) is 17.3 Å². The van der Waals surface area contributed by atoms with E-state index in [1.165, 1.54) is 6.07 Å². The first-order valence-electron chi connectivity index (χ1n) is 6.94. The summed E-state index contributed by atoms with van der Waals surface area (Å²) in [6.07, 6.45) is 2.92. The fourth-order valence-corrected chi connectivity index (χ4v) is 2.90. The average Bonchev–Trinajstić information content (AvgIpc) is 2.41. The Balaban J connectivity index is 2.35. The molecule has 0 aliphatic heterocycles.